The van der Waals surface area contributed by atoms with Gasteiger partial charge in [-0.2, -0.15) is 0 Å². The summed E-state index contributed by atoms with van der Waals surface area (Å²) in [6.45, 7) is 6.34. The number of ether oxygens (including phenoxy) is 1. The second-order valence-corrected chi connectivity index (χ2v) is 5.58. The van der Waals surface area contributed by atoms with Crippen molar-refractivity contribution in [3.05, 3.63) is 29.3 Å². The van der Waals surface area contributed by atoms with Crippen molar-refractivity contribution >= 4 is 5.91 Å². The highest BCUT2D eigenvalue weighted by Gasteiger charge is 2.13. The predicted molar refractivity (Wildman–Crippen MR) is 77.1 cm³/mol. The van der Waals surface area contributed by atoms with E-state index in [0.29, 0.717) is 19.4 Å². The molecule has 3 N–H and O–H groups in total. The maximum absolute atomic E-state index is 11.7. The van der Waals surface area contributed by atoms with Crippen LogP contribution in [0.3, 0.4) is 0 Å². The molecule has 0 aliphatic rings. The standard InChI is InChI=1S/C15H24N2O2/c1-11-5-6-13(19-4)12(9-11)10-17-14(18)7-8-15(2,3)16/h5-6,9H,7-8,10,16H2,1-4H3,(H,17,18). The molecule has 0 aliphatic carbocycles. The lowest BCUT2D eigenvalue weighted by atomic mass is 10.00. The Hall–Kier alpha value is -1.55. The summed E-state index contributed by atoms with van der Waals surface area (Å²) in [5.41, 5.74) is 7.68. The van der Waals surface area contributed by atoms with Crippen molar-refractivity contribution in [2.75, 3.05) is 7.11 Å². The van der Waals surface area contributed by atoms with Crippen molar-refractivity contribution < 1.29 is 9.53 Å². The van der Waals surface area contributed by atoms with E-state index < -0.39 is 0 Å². The van der Waals surface area contributed by atoms with Gasteiger partial charge in [0.05, 0.1) is 7.11 Å². The van der Waals surface area contributed by atoms with Crippen LogP contribution in [0.15, 0.2) is 18.2 Å². The molecular formula is C15H24N2O2. The molecule has 0 bridgehead atoms. The van der Waals surface area contributed by atoms with Crippen molar-refractivity contribution in [3.8, 4) is 5.75 Å². The Kier molecular flexibility index (Phi) is 5.36. The summed E-state index contributed by atoms with van der Waals surface area (Å²) in [5.74, 6) is 0.812. The molecule has 0 aromatic heterocycles. The van der Waals surface area contributed by atoms with Gasteiger partial charge >= 0.3 is 0 Å². The molecule has 0 saturated heterocycles. The number of carbonyl (C=O) groups excluding carboxylic acids is 1. The summed E-state index contributed by atoms with van der Waals surface area (Å²) < 4.78 is 5.28. The van der Waals surface area contributed by atoms with E-state index in [9.17, 15) is 4.79 Å². The fraction of sp³-hybridized carbons (Fsp3) is 0.533. The number of aryl methyl sites for hydroxylation is 1. The molecule has 1 aromatic carbocycles. The Morgan fingerprint density at radius 3 is 2.68 bits per heavy atom. The number of benzene rings is 1. The number of carbonyl (C=O) groups is 1. The van der Waals surface area contributed by atoms with Crippen LogP contribution < -0.4 is 15.8 Å². The van der Waals surface area contributed by atoms with E-state index in [2.05, 4.69) is 5.32 Å². The molecule has 0 aliphatic heterocycles. The van der Waals surface area contributed by atoms with Gasteiger partial charge in [-0.1, -0.05) is 17.7 Å². The number of rotatable bonds is 6. The Morgan fingerprint density at radius 1 is 1.42 bits per heavy atom. The Bertz CT molecular complexity index is 436. The zero-order valence-corrected chi connectivity index (χ0v) is 12.2. The number of nitrogens with two attached hydrogens (primary N) is 1. The van der Waals surface area contributed by atoms with Crippen LogP contribution in [0, 0.1) is 6.92 Å². The van der Waals surface area contributed by atoms with E-state index >= 15 is 0 Å². The summed E-state index contributed by atoms with van der Waals surface area (Å²) in [5, 5.41) is 2.90. The first-order valence-corrected chi connectivity index (χ1v) is 6.51. The molecule has 0 fully saturated rings. The van der Waals surface area contributed by atoms with Gasteiger partial charge in [-0.25, -0.2) is 0 Å². The fourth-order valence-corrected chi connectivity index (χ4v) is 1.76. The summed E-state index contributed by atoms with van der Waals surface area (Å²) >= 11 is 0. The average molecular weight is 264 g/mol. The molecule has 0 spiro atoms. The Balaban J connectivity index is 2.52. The molecule has 1 amide bonds. The smallest absolute Gasteiger partial charge is 0.220 e. The summed E-state index contributed by atoms with van der Waals surface area (Å²) in [6, 6.07) is 5.92. The lowest BCUT2D eigenvalue weighted by Crippen LogP contribution is -2.34. The van der Waals surface area contributed by atoms with Crippen LogP contribution in [-0.2, 0) is 11.3 Å². The number of methoxy groups -OCH3 is 1. The summed E-state index contributed by atoms with van der Waals surface area (Å²) in [6.07, 6.45) is 1.11. The second-order valence-electron chi connectivity index (χ2n) is 5.58. The Morgan fingerprint density at radius 2 is 2.11 bits per heavy atom. The number of nitrogens with one attached hydrogen (secondary N) is 1. The number of hydrogen-bond acceptors (Lipinski definition) is 3. The molecule has 106 valence electrons. The molecule has 0 atom stereocenters. The van der Waals surface area contributed by atoms with E-state index in [1.165, 1.54) is 0 Å². The highest BCUT2D eigenvalue weighted by molar-refractivity contribution is 5.76. The molecule has 4 heteroatoms. The summed E-state index contributed by atoms with van der Waals surface area (Å²) in [7, 11) is 1.63. The van der Waals surface area contributed by atoms with E-state index in [0.717, 1.165) is 16.9 Å². The van der Waals surface area contributed by atoms with Crippen molar-refractivity contribution in [2.45, 2.75) is 45.7 Å². The molecule has 4 nitrogen and oxygen atoms in total. The van der Waals surface area contributed by atoms with E-state index in [1.807, 2.05) is 39.0 Å². The lowest BCUT2D eigenvalue weighted by molar-refractivity contribution is -0.121. The zero-order chi connectivity index (χ0) is 14.5. The van der Waals surface area contributed by atoms with Crippen LogP contribution in [0.5, 0.6) is 5.75 Å². The van der Waals surface area contributed by atoms with Crippen LogP contribution in [0.25, 0.3) is 0 Å². The summed E-state index contributed by atoms with van der Waals surface area (Å²) in [4.78, 5) is 11.7. The quantitative estimate of drug-likeness (QED) is 0.827. The van der Waals surface area contributed by atoms with Gasteiger partial charge in [0.25, 0.3) is 0 Å². The molecular weight excluding hydrogens is 240 g/mol. The van der Waals surface area contributed by atoms with E-state index in [4.69, 9.17) is 10.5 Å². The first kappa shape index (κ1) is 15.5. The van der Waals surface area contributed by atoms with Gasteiger partial charge in [0.15, 0.2) is 0 Å². The van der Waals surface area contributed by atoms with Crippen LogP contribution in [0.2, 0.25) is 0 Å². The third-order valence-electron chi connectivity index (χ3n) is 2.91. The minimum Gasteiger partial charge on any atom is -0.496 e. The number of amides is 1. The molecule has 19 heavy (non-hydrogen) atoms. The van der Waals surface area contributed by atoms with Gasteiger partial charge in [0.1, 0.15) is 5.75 Å². The molecule has 0 radical (unpaired) electrons. The maximum Gasteiger partial charge on any atom is 0.220 e. The largest absolute Gasteiger partial charge is 0.496 e. The van der Waals surface area contributed by atoms with Crippen LogP contribution in [0.1, 0.15) is 37.8 Å². The second kappa shape index (κ2) is 6.57. The average Bonchev–Trinajstić information content (AvgIpc) is 2.33. The third-order valence-corrected chi connectivity index (χ3v) is 2.91. The first-order chi connectivity index (χ1) is 8.81. The van der Waals surface area contributed by atoms with Gasteiger partial charge in [-0.3, -0.25) is 4.79 Å². The minimum atomic E-state index is -0.307. The lowest BCUT2D eigenvalue weighted by Gasteiger charge is -2.17. The Labute approximate surface area is 115 Å². The minimum absolute atomic E-state index is 0.0158. The molecule has 0 unspecified atom stereocenters. The zero-order valence-electron chi connectivity index (χ0n) is 12.2. The molecule has 1 rings (SSSR count). The van der Waals surface area contributed by atoms with Gasteiger partial charge in [-0.05, 0) is 33.3 Å². The van der Waals surface area contributed by atoms with Gasteiger partial charge in [0, 0.05) is 24.1 Å². The van der Waals surface area contributed by atoms with Gasteiger partial charge in [0.2, 0.25) is 5.91 Å². The molecule has 1 aromatic rings. The van der Waals surface area contributed by atoms with E-state index in [-0.39, 0.29) is 11.4 Å². The normalized spacial score (nSPS) is 11.2. The van der Waals surface area contributed by atoms with Crippen LogP contribution in [0.4, 0.5) is 0 Å². The van der Waals surface area contributed by atoms with Crippen molar-refractivity contribution in [1.29, 1.82) is 0 Å². The monoisotopic (exact) mass is 264 g/mol. The van der Waals surface area contributed by atoms with Gasteiger partial charge in [-0.15, -0.1) is 0 Å². The van der Waals surface area contributed by atoms with Crippen molar-refractivity contribution in [1.82, 2.24) is 5.32 Å². The highest BCUT2D eigenvalue weighted by atomic mass is 16.5. The van der Waals surface area contributed by atoms with Crippen molar-refractivity contribution in [2.24, 2.45) is 5.73 Å². The number of hydrogen-bond donors (Lipinski definition) is 2. The molecule has 0 heterocycles. The van der Waals surface area contributed by atoms with E-state index in [1.54, 1.807) is 7.11 Å². The SMILES string of the molecule is COc1ccc(C)cc1CNC(=O)CCC(C)(C)N. The topological polar surface area (TPSA) is 64.3 Å². The highest BCUT2D eigenvalue weighted by Crippen LogP contribution is 2.19. The van der Waals surface area contributed by atoms with Crippen molar-refractivity contribution in [3.63, 3.8) is 0 Å². The first-order valence-electron chi connectivity index (χ1n) is 6.51. The third kappa shape index (κ3) is 5.75. The van der Waals surface area contributed by atoms with Crippen LogP contribution in [-0.4, -0.2) is 18.6 Å². The fourth-order valence-electron chi connectivity index (χ4n) is 1.76. The molecule has 0 saturated carbocycles. The maximum atomic E-state index is 11.7. The predicted octanol–water partition coefficient (Wildman–Crippen LogP) is 2.14. The van der Waals surface area contributed by atoms with Crippen LogP contribution >= 0.6 is 0 Å². The van der Waals surface area contributed by atoms with Gasteiger partial charge < -0.3 is 15.8 Å².